The largest absolute Gasteiger partial charge is 0.488 e. The first kappa shape index (κ1) is 17.6. The number of benzene rings is 1. The summed E-state index contributed by atoms with van der Waals surface area (Å²) in [5.74, 6) is 1.14. The Morgan fingerprint density at radius 1 is 1.25 bits per heavy atom. The summed E-state index contributed by atoms with van der Waals surface area (Å²) in [6, 6.07) is 5.17. The second kappa shape index (κ2) is 9.46. The molecule has 0 aliphatic carbocycles. The molecule has 0 radical (unpaired) electrons. The van der Waals surface area contributed by atoms with E-state index in [0.29, 0.717) is 28.3 Å². The summed E-state index contributed by atoms with van der Waals surface area (Å²) in [6.07, 6.45) is 1.72. The van der Waals surface area contributed by atoms with Gasteiger partial charge in [-0.15, -0.1) is 0 Å². The van der Waals surface area contributed by atoms with Crippen LogP contribution in [0.15, 0.2) is 18.2 Å². The van der Waals surface area contributed by atoms with Crippen LogP contribution in [0, 0.1) is 5.92 Å². The molecule has 0 heterocycles. The third-order valence-corrected chi connectivity index (χ3v) is 3.45. The van der Waals surface area contributed by atoms with Crippen molar-refractivity contribution in [3.63, 3.8) is 0 Å². The van der Waals surface area contributed by atoms with Gasteiger partial charge < -0.3 is 15.2 Å². The normalized spacial score (nSPS) is 12.7. The van der Waals surface area contributed by atoms with Gasteiger partial charge in [-0.3, -0.25) is 0 Å². The van der Waals surface area contributed by atoms with E-state index in [4.69, 9.17) is 27.9 Å². The third-order valence-electron chi connectivity index (χ3n) is 2.85. The topological polar surface area (TPSA) is 41.5 Å². The molecule has 1 rings (SSSR count). The van der Waals surface area contributed by atoms with Crippen LogP contribution in [0.2, 0.25) is 10.0 Å². The Hall–Kier alpha value is -0.480. The molecule has 20 heavy (non-hydrogen) atoms. The molecule has 1 aromatic rings. The van der Waals surface area contributed by atoms with Crippen LogP contribution in [-0.4, -0.2) is 30.9 Å². The van der Waals surface area contributed by atoms with Gasteiger partial charge in [0.05, 0.1) is 10.0 Å². The van der Waals surface area contributed by atoms with Gasteiger partial charge in [0, 0.05) is 6.54 Å². The fourth-order valence-corrected chi connectivity index (χ4v) is 2.27. The monoisotopic (exact) mass is 319 g/mol. The van der Waals surface area contributed by atoms with Crippen LogP contribution in [0.25, 0.3) is 0 Å². The highest BCUT2D eigenvalue weighted by atomic mass is 35.5. The first-order chi connectivity index (χ1) is 9.50. The number of aliphatic hydroxyl groups is 1. The van der Waals surface area contributed by atoms with Crippen LogP contribution >= 0.6 is 23.2 Å². The van der Waals surface area contributed by atoms with Gasteiger partial charge in [-0.25, -0.2) is 0 Å². The molecular formula is C15H23Cl2NO2. The molecule has 1 aromatic carbocycles. The van der Waals surface area contributed by atoms with Gasteiger partial charge in [-0.2, -0.15) is 0 Å². The summed E-state index contributed by atoms with van der Waals surface area (Å²) in [7, 11) is 0. The minimum atomic E-state index is -0.582. The van der Waals surface area contributed by atoms with Crippen molar-refractivity contribution in [2.45, 2.75) is 32.8 Å². The van der Waals surface area contributed by atoms with E-state index in [0.717, 1.165) is 13.0 Å². The van der Waals surface area contributed by atoms with E-state index in [9.17, 15) is 5.11 Å². The van der Waals surface area contributed by atoms with Gasteiger partial charge in [-0.05, 0) is 37.4 Å². The number of hydrogen-bond donors (Lipinski definition) is 2. The summed E-state index contributed by atoms with van der Waals surface area (Å²) in [5.41, 5.74) is 0. The molecule has 0 fully saturated rings. The van der Waals surface area contributed by atoms with Crippen molar-refractivity contribution in [1.29, 1.82) is 0 Å². The van der Waals surface area contributed by atoms with Crippen LogP contribution < -0.4 is 10.1 Å². The first-order valence-electron chi connectivity index (χ1n) is 6.96. The molecular weight excluding hydrogens is 297 g/mol. The van der Waals surface area contributed by atoms with Gasteiger partial charge >= 0.3 is 0 Å². The van der Waals surface area contributed by atoms with E-state index < -0.39 is 6.10 Å². The van der Waals surface area contributed by atoms with Crippen molar-refractivity contribution >= 4 is 23.2 Å². The maximum Gasteiger partial charge on any atom is 0.156 e. The average molecular weight is 320 g/mol. The predicted molar refractivity (Wildman–Crippen MR) is 84.9 cm³/mol. The molecule has 0 aromatic heterocycles. The molecule has 0 spiro atoms. The second-order valence-corrected chi connectivity index (χ2v) is 6.07. The predicted octanol–water partition coefficient (Wildman–Crippen LogP) is 3.76. The zero-order chi connectivity index (χ0) is 15.0. The van der Waals surface area contributed by atoms with E-state index in [1.54, 1.807) is 18.2 Å². The molecule has 0 bridgehead atoms. The van der Waals surface area contributed by atoms with Gasteiger partial charge in [0.1, 0.15) is 12.7 Å². The van der Waals surface area contributed by atoms with E-state index >= 15 is 0 Å². The molecule has 2 N–H and O–H groups in total. The van der Waals surface area contributed by atoms with Crippen molar-refractivity contribution in [1.82, 2.24) is 5.32 Å². The van der Waals surface area contributed by atoms with E-state index in [2.05, 4.69) is 19.2 Å². The molecule has 3 nitrogen and oxygen atoms in total. The minimum absolute atomic E-state index is 0.167. The highest BCUT2D eigenvalue weighted by molar-refractivity contribution is 6.37. The molecule has 114 valence electrons. The Bertz CT molecular complexity index is 379. The smallest absolute Gasteiger partial charge is 0.156 e. The number of ether oxygens (including phenoxy) is 1. The summed E-state index contributed by atoms with van der Waals surface area (Å²) < 4.78 is 5.47. The van der Waals surface area contributed by atoms with Crippen molar-refractivity contribution in [3.8, 4) is 5.75 Å². The van der Waals surface area contributed by atoms with Crippen molar-refractivity contribution in [2.24, 2.45) is 5.92 Å². The van der Waals surface area contributed by atoms with E-state index in [1.165, 1.54) is 6.42 Å². The molecule has 1 unspecified atom stereocenters. The Labute approximate surface area is 131 Å². The van der Waals surface area contributed by atoms with Crippen molar-refractivity contribution in [3.05, 3.63) is 28.2 Å². The first-order valence-corrected chi connectivity index (χ1v) is 7.72. The number of hydrogen-bond acceptors (Lipinski definition) is 3. The SMILES string of the molecule is CC(C)CCCNCC(O)COc1c(Cl)cccc1Cl. The lowest BCUT2D eigenvalue weighted by Gasteiger charge is -2.15. The lowest BCUT2D eigenvalue weighted by atomic mass is 10.1. The van der Waals surface area contributed by atoms with Crippen molar-refractivity contribution < 1.29 is 9.84 Å². The quantitative estimate of drug-likeness (QED) is 0.681. The van der Waals surface area contributed by atoms with Crippen molar-refractivity contribution in [2.75, 3.05) is 19.7 Å². The molecule has 1 atom stereocenters. The van der Waals surface area contributed by atoms with Crippen LogP contribution in [0.3, 0.4) is 0 Å². The number of aliphatic hydroxyl groups excluding tert-OH is 1. The summed E-state index contributed by atoms with van der Waals surface area (Å²) in [5, 5.41) is 13.9. The number of para-hydroxylation sites is 1. The van der Waals surface area contributed by atoms with Crippen LogP contribution in [0.1, 0.15) is 26.7 Å². The Morgan fingerprint density at radius 2 is 1.90 bits per heavy atom. The van der Waals surface area contributed by atoms with Gasteiger partial charge in [0.15, 0.2) is 5.75 Å². The number of rotatable bonds is 9. The number of nitrogens with one attached hydrogen (secondary N) is 1. The zero-order valence-electron chi connectivity index (χ0n) is 12.0. The van der Waals surface area contributed by atoms with E-state index in [-0.39, 0.29) is 6.61 Å². The van der Waals surface area contributed by atoms with Crippen LogP contribution in [0.4, 0.5) is 0 Å². The summed E-state index contributed by atoms with van der Waals surface area (Å²) >= 11 is 12.0. The fraction of sp³-hybridized carbons (Fsp3) is 0.600. The second-order valence-electron chi connectivity index (χ2n) is 5.26. The highest BCUT2D eigenvalue weighted by Crippen LogP contribution is 2.32. The zero-order valence-corrected chi connectivity index (χ0v) is 13.5. The summed E-state index contributed by atoms with van der Waals surface area (Å²) in [4.78, 5) is 0. The van der Waals surface area contributed by atoms with Gasteiger partial charge in [0.25, 0.3) is 0 Å². The maximum atomic E-state index is 9.83. The minimum Gasteiger partial charge on any atom is -0.488 e. The van der Waals surface area contributed by atoms with Crippen LogP contribution in [-0.2, 0) is 0 Å². The van der Waals surface area contributed by atoms with Crippen LogP contribution in [0.5, 0.6) is 5.75 Å². The highest BCUT2D eigenvalue weighted by Gasteiger charge is 2.10. The lowest BCUT2D eigenvalue weighted by molar-refractivity contribution is 0.106. The maximum absolute atomic E-state index is 9.83. The van der Waals surface area contributed by atoms with Gasteiger partial charge in [-0.1, -0.05) is 43.1 Å². The Balaban J connectivity index is 2.21. The Kier molecular flexibility index (Phi) is 8.31. The number of halogens is 2. The standard InChI is InChI=1S/C15H23Cl2NO2/c1-11(2)5-4-8-18-9-12(19)10-20-15-13(16)6-3-7-14(15)17/h3,6-7,11-12,18-19H,4-5,8-10H2,1-2H3. The third kappa shape index (κ3) is 6.80. The fourth-order valence-electron chi connectivity index (χ4n) is 1.76. The average Bonchev–Trinajstić information content (AvgIpc) is 2.37. The molecule has 0 saturated heterocycles. The lowest BCUT2D eigenvalue weighted by Crippen LogP contribution is -2.32. The van der Waals surface area contributed by atoms with Gasteiger partial charge in [0.2, 0.25) is 0 Å². The Morgan fingerprint density at radius 3 is 2.50 bits per heavy atom. The summed E-state index contributed by atoms with van der Waals surface area (Å²) in [6.45, 7) is 5.98. The van der Waals surface area contributed by atoms with E-state index in [1.807, 2.05) is 0 Å². The molecule has 0 aliphatic heterocycles. The molecule has 5 heteroatoms. The molecule has 0 saturated carbocycles. The molecule has 0 amide bonds. The molecule has 0 aliphatic rings.